The maximum Gasteiger partial charge on any atom is 0.196 e. The van der Waals surface area contributed by atoms with Gasteiger partial charge in [0, 0.05) is 18.7 Å². The molecule has 2 aromatic rings. The Morgan fingerprint density at radius 1 is 1.11 bits per heavy atom. The number of ketones is 1. The lowest BCUT2D eigenvalue weighted by Gasteiger charge is -2.08. The van der Waals surface area contributed by atoms with Crippen LogP contribution in [0.1, 0.15) is 27.0 Å². The van der Waals surface area contributed by atoms with E-state index in [1.807, 2.05) is 36.4 Å². The molecule has 0 aliphatic carbocycles. The van der Waals surface area contributed by atoms with E-state index in [4.69, 9.17) is 4.74 Å². The molecule has 0 saturated heterocycles. The van der Waals surface area contributed by atoms with Crippen LogP contribution in [-0.4, -0.2) is 12.9 Å². The van der Waals surface area contributed by atoms with Gasteiger partial charge in [0.25, 0.3) is 0 Å². The summed E-state index contributed by atoms with van der Waals surface area (Å²) in [7, 11) is 1.58. The number of ether oxygens (including phenoxy) is 1. The van der Waals surface area contributed by atoms with Gasteiger partial charge in [0.05, 0.1) is 12.7 Å². The Balaban J connectivity index is 2.00. The number of carbonyl (C=O) groups is 1. The minimum atomic E-state index is 0.00662. The Bertz CT molecular complexity index is 634. The zero-order chi connectivity index (χ0) is 13.2. The number of para-hydroxylation sites is 1. The Morgan fingerprint density at radius 2 is 1.89 bits per heavy atom. The molecule has 1 heterocycles. The molecule has 96 valence electrons. The minimum Gasteiger partial charge on any atom is -0.496 e. The molecule has 1 aliphatic rings. The van der Waals surface area contributed by atoms with Gasteiger partial charge in [-0.25, -0.2) is 0 Å². The first-order valence-electron chi connectivity index (χ1n) is 6.30. The predicted octanol–water partition coefficient (Wildman–Crippen LogP) is 2.53. The molecular formula is C16H15NO2. The molecule has 1 aliphatic heterocycles. The van der Waals surface area contributed by atoms with E-state index >= 15 is 0 Å². The van der Waals surface area contributed by atoms with Gasteiger partial charge in [-0.1, -0.05) is 24.3 Å². The normalized spacial score (nSPS) is 13.1. The van der Waals surface area contributed by atoms with E-state index in [1.165, 1.54) is 11.1 Å². The van der Waals surface area contributed by atoms with Crippen molar-refractivity contribution < 1.29 is 9.53 Å². The van der Waals surface area contributed by atoms with Crippen molar-refractivity contribution in [3.63, 3.8) is 0 Å². The zero-order valence-corrected chi connectivity index (χ0v) is 10.8. The summed E-state index contributed by atoms with van der Waals surface area (Å²) in [5.41, 5.74) is 3.81. The second kappa shape index (κ2) is 4.86. The average Bonchev–Trinajstić information content (AvgIpc) is 2.93. The molecule has 3 nitrogen and oxygen atoms in total. The molecule has 3 heteroatoms. The summed E-state index contributed by atoms with van der Waals surface area (Å²) in [6.07, 6.45) is 0. The molecule has 0 atom stereocenters. The highest BCUT2D eigenvalue weighted by atomic mass is 16.5. The number of benzene rings is 2. The number of methoxy groups -OCH3 is 1. The molecule has 1 N–H and O–H groups in total. The molecule has 0 spiro atoms. The summed E-state index contributed by atoms with van der Waals surface area (Å²) in [6, 6.07) is 13.2. The molecule has 3 rings (SSSR count). The summed E-state index contributed by atoms with van der Waals surface area (Å²) in [6.45, 7) is 1.72. The van der Waals surface area contributed by atoms with E-state index in [0.717, 1.165) is 13.1 Å². The van der Waals surface area contributed by atoms with Crippen molar-refractivity contribution in [3.8, 4) is 5.75 Å². The molecule has 2 aromatic carbocycles. The van der Waals surface area contributed by atoms with Crippen LogP contribution >= 0.6 is 0 Å². The molecule has 0 bridgehead atoms. The average molecular weight is 253 g/mol. The van der Waals surface area contributed by atoms with Crippen molar-refractivity contribution in [1.82, 2.24) is 5.32 Å². The fourth-order valence-corrected chi connectivity index (χ4v) is 2.42. The van der Waals surface area contributed by atoms with E-state index in [9.17, 15) is 4.79 Å². The second-order valence-electron chi connectivity index (χ2n) is 4.62. The van der Waals surface area contributed by atoms with Gasteiger partial charge in [0.1, 0.15) is 5.75 Å². The third-order valence-electron chi connectivity index (χ3n) is 3.45. The number of carbonyl (C=O) groups excluding carboxylic acids is 1. The number of nitrogens with one attached hydrogen (secondary N) is 1. The van der Waals surface area contributed by atoms with Crippen LogP contribution in [0.4, 0.5) is 0 Å². The van der Waals surface area contributed by atoms with E-state index in [2.05, 4.69) is 5.32 Å². The molecule has 0 saturated carbocycles. The Morgan fingerprint density at radius 3 is 2.74 bits per heavy atom. The van der Waals surface area contributed by atoms with E-state index in [0.29, 0.717) is 16.9 Å². The molecule has 0 amide bonds. The number of hydrogen-bond acceptors (Lipinski definition) is 3. The monoisotopic (exact) mass is 253 g/mol. The molecular weight excluding hydrogens is 238 g/mol. The minimum absolute atomic E-state index is 0.00662. The van der Waals surface area contributed by atoms with Gasteiger partial charge in [-0.15, -0.1) is 0 Å². The first-order valence-corrected chi connectivity index (χ1v) is 6.30. The van der Waals surface area contributed by atoms with Crippen LogP contribution in [-0.2, 0) is 13.1 Å². The van der Waals surface area contributed by atoms with E-state index < -0.39 is 0 Å². The highest BCUT2D eigenvalue weighted by molar-refractivity contribution is 6.10. The smallest absolute Gasteiger partial charge is 0.196 e. The standard InChI is InChI=1S/C16H15NO2/c1-19-15-5-3-2-4-14(15)16(18)11-6-7-12-9-17-10-13(12)8-11/h2-8,17H,9-10H2,1H3. The summed E-state index contributed by atoms with van der Waals surface area (Å²) in [4.78, 5) is 12.5. The molecule has 0 radical (unpaired) electrons. The van der Waals surface area contributed by atoms with Crippen LogP contribution in [0.3, 0.4) is 0 Å². The first kappa shape index (κ1) is 11.9. The fraction of sp³-hybridized carbons (Fsp3) is 0.188. The third-order valence-corrected chi connectivity index (χ3v) is 3.45. The first-order chi connectivity index (χ1) is 9.29. The summed E-state index contributed by atoms with van der Waals surface area (Å²) < 4.78 is 5.25. The maximum atomic E-state index is 12.5. The van der Waals surface area contributed by atoms with Crippen LogP contribution in [0.25, 0.3) is 0 Å². The number of hydrogen-bond donors (Lipinski definition) is 1. The van der Waals surface area contributed by atoms with Crippen molar-refractivity contribution in [2.24, 2.45) is 0 Å². The lowest BCUT2D eigenvalue weighted by Crippen LogP contribution is -2.04. The van der Waals surface area contributed by atoms with Crippen molar-refractivity contribution in [2.75, 3.05) is 7.11 Å². The summed E-state index contributed by atoms with van der Waals surface area (Å²) in [5, 5.41) is 3.28. The van der Waals surface area contributed by atoms with Crippen LogP contribution in [0, 0.1) is 0 Å². The van der Waals surface area contributed by atoms with Crippen LogP contribution in [0.15, 0.2) is 42.5 Å². The van der Waals surface area contributed by atoms with Crippen LogP contribution < -0.4 is 10.1 Å². The van der Waals surface area contributed by atoms with Gasteiger partial charge in [-0.2, -0.15) is 0 Å². The predicted molar refractivity (Wildman–Crippen MR) is 73.4 cm³/mol. The van der Waals surface area contributed by atoms with Crippen molar-refractivity contribution in [1.29, 1.82) is 0 Å². The van der Waals surface area contributed by atoms with Gasteiger partial charge in [0.2, 0.25) is 0 Å². The summed E-state index contributed by atoms with van der Waals surface area (Å²) in [5.74, 6) is 0.623. The van der Waals surface area contributed by atoms with Crippen molar-refractivity contribution in [2.45, 2.75) is 13.1 Å². The quantitative estimate of drug-likeness (QED) is 0.854. The van der Waals surface area contributed by atoms with Crippen LogP contribution in [0.5, 0.6) is 5.75 Å². The van der Waals surface area contributed by atoms with E-state index in [-0.39, 0.29) is 5.78 Å². The third kappa shape index (κ3) is 2.13. The zero-order valence-electron chi connectivity index (χ0n) is 10.8. The van der Waals surface area contributed by atoms with Crippen molar-refractivity contribution >= 4 is 5.78 Å². The van der Waals surface area contributed by atoms with Gasteiger partial charge in [-0.3, -0.25) is 4.79 Å². The highest BCUT2D eigenvalue weighted by Crippen LogP contribution is 2.23. The van der Waals surface area contributed by atoms with Gasteiger partial charge in [-0.05, 0) is 29.3 Å². The maximum absolute atomic E-state index is 12.5. The van der Waals surface area contributed by atoms with Crippen molar-refractivity contribution in [3.05, 3.63) is 64.7 Å². The molecule has 19 heavy (non-hydrogen) atoms. The largest absolute Gasteiger partial charge is 0.496 e. The highest BCUT2D eigenvalue weighted by Gasteiger charge is 2.17. The van der Waals surface area contributed by atoms with E-state index in [1.54, 1.807) is 13.2 Å². The summed E-state index contributed by atoms with van der Waals surface area (Å²) >= 11 is 0. The topological polar surface area (TPSA) is 38.3 Å². The molecule has 0 fully saturated rings. The Hall–Kier alpha value is -2.13. The SMILES string of the molecule is COc1ccccc1C(=O)c1ccc2c(c1)CNC2. The number of fused-ring (bicyclic) bond motifs is 1. The number of rotatable bonds is 3. The second-order valence-corrected chi connectivity index (χ2v) is 4.62. The molecule has 0 unspecified atom stereocenters. The lowest BCUT2D eigenvalue weighted by molar-refractivity contribution is 0.103. The van der Waals surface area contributed by atoms with Crippen LogP contribution in [0.2, 0.25) is 0 Å². The Labute approximate surface area is 112 Å². The lowest BCUT2D eigenvalue weighted by atomic mass is 9.99. The Kier molecular flexibility index (Phi) is 3.05. The molecule has 0 aromatic heterocycles. The van der Waals surface area contributed by atoms with Gasteiger partial charge in [0.15, 0.2) is 5.78 Å². The van der Waals surface area contributed by atoms with Gasteiger partial charge >= 0.3 is 0 Å². The fourth-order valence-electron chi connectivity index (χ4n) is 2.42. The van der Waals surface area contributed by atoms with Gasteiger partial charge < -0.3 is 10.1 Å².